The second-order valence-electron chi connectivity index (χ2n) is 7.68. The lowest BCUT2D eigenvalue weighted by Gasteiger charge is -2.30. The zero-order valence-corrected chi connectivity index (χ0v) is 14.3. The quantitative estimate of drug-likeness (QED) is 0.887. The Morgan fingerprint density at radius 1 is 1.42 bits per heavy atom. The monoisotopic (exact) mass is 354 g/mol. The number of nitrogens with one attached hydrogen (secondary N) is 2. The number of halogens is 1. The Morgan fingerprint density at radius 3 is 2.96 bits per heavy atom. The third-order valence-corrected chi connectivity index (χ3v) is 6.28. The van der Waals surface area contributed by atoms with Crippen molar-refractivity contribution < 1.29 is 14.0 Å². The maximum Gasteiger partial charge on any atom is 0.250 e. The Kier molecular flexibility index (Phi) is 3.08. The summed E-state index contributed by atoms with van der Waals surface area (Å²) < 4.78 is 16.2. The fourth-order valence-corrected chi connectivity index (χ4v) is 5.18. The van der Waals surface area contributed by atoms with Crippen LogP contribution in [0.25, 0.3) is 5.69 Å². The highest BCUT2D eigenvalue weighted by Crippen LogP contribution is 2.57. The molecule has 2 heterocycles. The van der Waals surface area contributed by atoms with Crippen LogP contribution in [-0.4, -0.2) is 26.9 Å². The minimum Gasteiger partial charge on any atom is -0.341 e. The van der Waals surface area contributed by atoms with Crippen molar-refractivity contribution in [2.75, 3.05) is 5.32 Å². The second kappa shape index (κ2) is 5.16. The van der Waals surface area contributed by atoms with Crippen LogP contribution in [0.5, 0.6) is 0 Å². The van der Waals surface area contributed by atoms with Crippen LogP contribution in [0.2, 0.25) is 0 Å². The molecule has 6 nitrogen and oxygen atoms in total. The van der Waals surface area contributed by atoms with Crippen LogP contribution in [0.1, 0.15) is 25.1 Å². The normalized spacial score (nSPS) is 31.3. The molecular weight excluding hydrogens is 335 g/mol. The van der Waals surface area contributed by atoms with E-state index in [1.807, 2.05) is 0 Å². The van der Waals surface area contributed by atoms with E-state index in [4.69, 9.17) is 0 Å². The second-order valence-corrected chi connectivity index (χ2v) is 7.68. The molecule has 4 atom stereocenters. The third-order valence-electron chi connectivity index (χ3n) is 6.28. The molecule has 2 aromatic rings. The maximum atomic E-state index is 14.5. The van der Waals surface area contributed by atoms with E-state index in [2.05, 4.69) is 15.6 Å². The first-order valence-corrected chi connectivity index (χ1v) is 8.91. The molecule has 2 amide bonds. The van der Waals surface area contributed by atoms with Gasteiger partial charge in [0, 0.05) is 29.9 Å². The van der Waals surface area contributed by atoms with Gasteiger partial charge in [-0.05, 0) is 50.3 Å². The first-order chi connectivity index (χ1) is 12.5. The molecule has 3 aliphatic rings. The molecule has 0 radical (unpaired) electrons. The number of amides is 2. The number of anilines is 1. The SMILES string of the molecule is Cc1nccn1-c1ccc(NC(=O)C23CC4CC(C(=O)N2)C3C4)cc1F. The number of benzene rings is 1. The number of hydrogen-bond acceptors (Lipinski definition) is 3. The van der Waals surface area contributed by atoms with Crippen molar-refractivity contribution in [3.8, 4) is 5.69 Å². The summed E-state index contributed by atoms with van der Waals surface area (Å²) in [5.74, 6) is 0.455. The average molecular weight is 354 g/mol. The van der Waals surface area contributed by atoms with Crippen LogP contribution in [0, 0.1) is 30.5 Å². The third kappa shape index (κ3) is 2.00. The summed E-state index contributed by atoms with van der Waals surface area (Å²) in [4.78, 5) is 29.2. The molecule has 2 aliphatic carbocycles. The van der Waals surface area contributed by atoms with Crippen molar-refractivity contribution in [1.82, 2.24) is 14.9 Å². The number of hydrogen-bond donors (Lipinski definition) is 2. The predicted molar refractivity (Wildman–Crippen MR) is 92.1 cm³/mol. The molecule has 1 aliphatic heterocycles. The van der Waals surface area contributed by atoms with E-state index in [1.54, 1.807) is 36.0 Å². The van der Waals surface area contributed by atoms with Crippen LogP contribution in [0.4, 0.5) is 10.1 Å². The molecule has 3 fully saturated rings. The first kappa shape index (κ1) is 15.5. The number of carbonyl (C=O) groups excluding carboxylic acids is 2. The summed E-state index contributed by atoms with van der Waals surface area (Å²) in [6, 6.07) is 4.60. The minimum atomic E-state index is -0.819. The van der Waals surface area contributed by atoms with Crippen LogP contribution in [0.15, 0.2) is 30.6 Å². The standard InChI is InChI=1S/C19H19FN4O2/c1-10-21-4-5-24(10)16-3-2-12(8-15(16)20)22-18(26)19-9-11-6-13(14(19)7-11)17(25)23-19/h2-5,8,11,13-14H,6-7,9H2,1H3,(H,22,26)(H,23,25). The number of imidazole rings is 1. The van der Waals surface area contributed by atoms with Gasteiger partial charge in [-0.2, -0.15) is 0 Å². The summed E-state index contributed by atoms with van der Waals surface area (Å²) in [7, 11) is 0. The predicted octanol–water partition coefficient (Wildman–Crippen LogP) is 2.17. The van der Waals surface area contributed by atoms with E-state index in [0.29, 0.717) is 29.5 Å². The van der Waals surface area contributed by atoms with Gasteiger partial charge in [0.25, 0.3) is 0 Å². The summed E-state index contributed by atoms with van der Waals surface area (Å²) in [5, 5.41) is 5.76. The Morgan fingerprint density at radius 2 is 2.27 bits per heavy atom. The lowest BCUT2D eigenvalue weighted by Crippen LogP contribution is -2.53. The smallest absolute Gasteiger partial charge is 0.250 e. The topological polar surface area (TPSA) is 76.0 Å². The maximum absolute atomic E-state index is 14.5. The fraction of sp³-hybridized carbons (Fsp3) is 0.421. The molecule has 2 N–H and O–H groups in total. The molecule has 5 rings (SSSR count). The Hall–Kier alpha value is -2.70. The van der Waals surface area contributed by atoms with Gasteiger partial charge in [-0.1, -0.05) is 0 Å². The molecule has 1 aromatic heterocycles. The average Bonchev–Trinajstić information content (AvgIpc) is 3.31. The minimum absolute atomic E-state index is 0.0118. The molecule has 7 heteroatoms. The Balaban J connectivity index is 1.41. The summed E-state index contributed by atoms with van der Waals surface area (Å²) in [6.07, 6.45) is 5.79. The highest BCUT2D eigenvalue weighted by molar-refractivity contribution is 6.04. The molecule has 134 valence electrons. The van der Waals surface area contributed by atoms with E-state index in [0.717, 1.165) is 12.8 Å². The van der Waals surface area contributed by atoms with Gasteiger partial charge in [-0.15, -0.1) is 0 Å². The lowest BCUT2D eigenvalue weighted by molar-refractivity contribution is -0.126. The van der Waals surface area contributed by atoms with Crippen LogP contribution >= 0.6 is 0 Å². The first-order valence-electron chi connectivity index (χ1n) is 8.91. The van der Waals surface area contributed by atoms with E-state index < -0.39 is 11.4 Å². The van der Waals surface area contributed by atoms with Crippen LogP contribution in [0.3, 0.4) is 0 Å². The number of carbonyl (C=O) groups is 2. The molecule has 2 bridgehead atoms. The van der Waals surface area contributed by atoms with Crippen LogP contribution < -0.4 is 10.6 Å². The number of aromatic nitrogens is 2. The lowest BCUT2D eigenvalue weighted by atomic mass is 9.78. The molecular formula is C19H19FN4O2. The zero-order valence-electron chi connectivity index (χ0n) is 14.3. The molecule has 2 saturated carbocycles. The van der Waals surface area contributed by atoms with Crippen molar-refractivity contribution in [1.29, 1.82) is 0 Å². The largest absolute Gasteiger partial charge is 0.341 e. The van der Waals surface area contributed by atoms with Crippen molar-refractivity contribution in [2.24, 2.45) is 17.8 Å². The van der Waals surface area contributed by atoms with Crippen LogP contribution in [-0.2, 0) is 9.59 Å². The van der Waals surface area contributed by atoms with E-state index in [1.165, 1.54) is 6.07 Å². The van der Waals surface area contributed by atoms with Gasteiger partial charge < -0.3 is 15.2 Å². The number of fused-ring (bicyclic) bond motifs is 1. The van der Waals surface area contributed by atoms with E-state index in [-0.39, 0.29) is 23.7 Å². The fourth-order valence-electron chi connectivity index (χ4n) is 5.18. The summed E-state index contributed by atoms with van der Waals surface area (Å²) >= 11 is 0. The Bertz CT molecular complexity index is 939. The highest BCUT2D eigenvalue weighted by atomic mass is 19.1. The van der Waals surface area contributed by atoms with Gasteiger partial charge in [0.15, 0.2) is 0 Å². The molecule has 1 aromatic carbocycles. The van der Waals surface area contributed by atoms with Crippen molar-refractivity contribution in [2.45, 2.75) is 31.7 Å². The summed E-state index contributed by atoms with van der Waals surface area (Å²) in [6.45, 7) is 1.79. The van der Waals surface area contributed by atoms with Gasteiger partial charge in [-0.3, -0.25) is 9.59 Å². The zero-order chi connectivity index (χ0) is 18.1. The number of rotatable bonds is 3. The molecule has 4 unspecified atom stereocenters. The molecule has 26 heavy (non-hydrogen) atoms. The number of aryl methyl sites for hydroxylation is 1. The molecule has 1 saturated heterocycles. The van der Waals surface area contributed by atoms with Gasteiger partial charge in [0.2, 0.25) is 11.8 Å². The molecule has 0 spiro atoms. The number of nitrogens with zero attached hydrogens (tertiary/aromatic N) is 2. The summed E-state index contributed by atoms with van der Waals surface area (Å²) in [5.41, 5.74) is -0.0463. The van der Waals surface area contributed by atoms with Crippen molar-refractivity contribution >= 4 is 17.5 Å². The van der Waals surface area contributed by atoms with Crippen molar-refractivity contribution in [3.63, 3.8) is 0 Å². The van der Waals surface area contributed by atoms with Gasteiger partial charge in [0.1, 0.15) is 17.2 Å². The van der Waals surface area contributed by atoms with Gasteiger partial charge in [-0.25, -0.2) is 9.37 Å². The highest BCUT2D eigenvalue weighted by Gasteiger charge is 2.66. The van der Waals surface area contributed by atoms with E-state index >= 15 is 0 Å². The van der Waals surface area contributed by atoms with E-state index in [9.17, 15) is 14.0 Å². The van der Waals surface area contributed by atoms with Gasteiger partial charge in [0.05, 0.1) is 5.69 Å². The van der Waals surface area contributed by atoms with Gasteiger partial charge >= 0.3 is 0 Å². The van der Waals surface area contributed by atoms with Crippen molar-refractivity contribution in [3.05, 3.63) is 42.2 Å². The Labute approximate surface area is 149 Å².